The smallest absolute Gasteiger partial charge is 0.255 e. The first kappa shape index (κ1) is 23.3. The van der Waals surface area contributed by atoms with Gasteiger partial charge in [0.15, 0.2) is 0 Å². The Balaban J connectivity index is 0.000000368. The van der Waals surface area contributed by atoms with Crippen molar-refractivity contribution < 1.29 is 26.7 Å². The van der Waals surface area contributed by atoms with Crippen molar-refractivity contribution in [2.24, 2.45) is 14.1 Å². The zero-order valence-electron chi connectivity index (χ0n) is 16.0. The van der Waals surface area contributed by atoms with Gasteiger partial charge < -0.3 is 9.11 Å². The maximum atomic E-state index is 8.52. The van der Waals surface area contributed by atoms with Crippen LogP contribution in [0.5, 0.6) is 0 Å². The summed E-state index contributed by atoms with van der Waals surface area (Å²) in [5.41, 5.74) is 0. The van der Waals surface area contributed by atoms with Crippen molar-refractivity contribution in [2.75, 3.05) is 0 Å². The van der Waals surface area contributed by atoms with Crippen molar-refractivity contribution in [1.29, 1.82) is 0 Å². The maximum Gasteiger partial charge on any atom is 0.255 e. The van der Waals surface area contributed by atoms with Gasteiger partial charge in [-0.05, 0) is 13.8 Å². The van der Waals surface area contributed by atoms with Crippen LogP contribution in [0, 0.1) is 0 Å². The number of aromatic nitrogens is 4. The minimum Gasteiger partial charge on any atom is -0.759 e. The molecule has 0 aromatic carbocycles. The number of rotatable bonds is 4. The van der Waals surface area contributed by atoms with Gasteiger partial charge in [0.25, 0.3) is 11.6 Å². The molecule has 0 aliphatic carbocycles. The summed E-state index contributed by atoms with van der Waals surface area (Å²) < 4.78 is 43.0. The monoisotopic (exact) mass is 374 g/mol. The molecule has 0 fully saturated rings. The summed E-state index contributed by atoms with van der Waals surface area (Å²) in [5.74, 6) is 2.78. The Hall–Kier alpha value is -1.71. The minimum atomic E-state index is -5.17. The first-order valence-corrected chi connectivity index (χ1v) is 9.66. The fraction of sp³-hybridized carbons (Fsp3) is 0.625. The normalized spacial score (nSPS) is 10.6. The second kappa shape index (κ2) is 11.0. The lowest BCUT2D eigenvalue weighted by Crippen LogP contribution is -2.35. The molecular formula is C16H30N4O4S. The largest absolute Gasteiger partial charge is 0.759 e. The molecule has 0 bridgehead atoms. The van der Waals surface area contributed by atoms with Gasteiger partial charge in [-0.3, -0.25) is 8.42 Å². The van der Waals surface area contributed by atoms with Crippen molar-refractivity contribution in [3.8, 4) is 0 Å². The van der Waals surface area contributed by atoms with E-state index in [0.717, 1.165) is 25.9 Å². The van der Waals surface area contributed by atoms with Crippen molar-refractivity contribution in [3.63, 3.8) is 0 Å². The molecule has 2 aromatic rings. The van der Waals surface area contributed by atoms with Crippen LogP contribution < -0.4 is 9.13 Å². The third-order valence-electron chi connectivity index (χ3n) is 3.73. The Morgan fingerprint density at radius 2 is 1.12 bits per heavy atom. The average Bonchev–Trinajstić information content (AvgIpc) is 3.07. The fourth-order valence-corrected chi connectivity index (χ4v) is 2.59. The summed E-state index contributed by atoms with van der Waals surface area (Å²) in [7, 11) is -0.990. The van der Waals surface area contributed by atoms with Crippen LogP contribution in [-0.4, -0.2) is 26.7 Å². The zero-order chi connectivity index (χ0) is 19.6. The minimum absolute atomic E-state index is 1.07. The van der Waals surface area contributed by atoms with Crippen LogP contribution in [0.2, 0.25) is 0 Å². The first-order valence-electron chi connectivity index (χ1n) is 8.32. The van der Waals surface area contributed by atoms with E-state index in [1.165, 1.54) is 11.6 Å². The van der Waals surface area contributed by atoms with Crippen LogP contribution in [0.15, 0.2) is 24.8 Å². The molecule has 2 rings (SSSR count). The number of aryl methyl sites for hydroxylation is 4. The van der Waals surface area contributed by atoms with Crippen LogP contribution in [0.25, 0.3) is 0 Å². The lowest BCUT2D eigenvalue weighted by atomic mass is 10.4. The van der Waals surface area contributed by atoms with E-state index in [1.807, 2.05) is 0 Å². The van der Waals surface area contributed by atoms with Crippen molar-refractivity contribution >= 4 is 10.4 Å². The molecule has 144 valence electrons. The highest BCUT2D eigenvalue weighted by atomic mass is 32.3. The van der Waals surface area contributed by atoms with Crippen molar-refractivity contribution in [1.82, 2.24) is 9.13 Å². The number of imidazole rings is 2. The molecule has 0 N–H and O–H groups in total. The third-order valence-corrected chi connectivity index (χ3v) is 3.73. The molecule has 9 heteroatoms. The summed E-state index contributed by atoms with van der Waals surface area (Å²) in [6.45, 7) is 10.8. The molecule has 0 aliphatic heterocycles. The predicted octanol–water partition coefficient (Wildman–Crippen LogP) is 0.452. The molecule has 2 heterocycles. The zero-order valence-corrected chi connectivity index (χ0v) is 16.8. The summed E-state index contributed by atoms with van der Waals surface area (Å²) >= 11 is 0. The molecule has 0 saturated carbocycles. The third kappa shape index (κ3) is 8.80. The van der Waals surface area contributed by atoms with Crippen LogP contribution in [0.4, 0.5) is 0 Å². The number of hydrogen-bond donors (Lipinski definition) is 0. The van der Waals surface area contributed by atoms with Crippen LogP contribution >= 0.6 is 0 Å². The highest BCUT2D eigenvalue weighted by molar-refractivity contribution is 7.79. The second-order valence-corrected chi connectivity index (χ2v) is 6.15. The number of nitrogens with zero attached hydrogens (tertiary/aromatic N) is 4. The molecule has 0 unspecified atom stereocenters. The lowest BCUT2D eigenvalue weighted by molar-refractivity contribution is -0.700. The molecule has 2 aromatic heterocycles. The molecular weight excluding hydrogens is 344 g/mol. The van der Waals surface area contributed by atoms with E-state index in [0.29, 0.717) is 0 Å². The molecule has 8 nitrogen and oxygen atoms in total. The summed E-state index contributed by atoms with van der Waals surface area (Å²) in [6, 6.07) is 0. The van der Waals surface area contributed by atoms with Gasteiger partial charge in [-0.2, -0.15) is 0 Å². The molecule has 0 saturated heterocycles. The van der Waals surface area contributed by atoms with Gasteiger partial charge in [0.1, 0.15) is 24.8 Å². The fourth-order valence-electron chi connectivity index (χ4n) is 2.59. The Morgan fingerprint density at radius 3 is 1.28 bits per heavy atom. The topological polar surface area (TPSA) is 97.9 Å². The van der Waals surface area contributed by atoms with Gasteiger partial charge in [0, 0.05) is 23.2 Å². The highest BCUT2D eigenvalue weighted by Gasteiger charge is 2.09. The Bertz CT molecular complexity index is 679. The van der Waals surface area contributed by atoms with Gasteiger partial charge >= 0.3 is 0 Å². The maximum absolute atomic E-state index is 8.52. The lowest BCUT2D eigenvalue weighted by Gasteiger charge is -2.06. The Labute approximate surface area is 150 Å². The molecule has 0 aliphatic rings. The summed E-state index contributed by atoms with van der Waals surface area (Å²) in [5, 5.41) is 0. The van der Waals surface area contributed by atoms with E-state index in [9.17, 15) is 0 Å². The van der Waals surface area contributed by atoms with E-state index in [4.69, 9.17) is 17.5 Å². The van der Waals surface area contributed by atoms with Crippen molar-refractivity contribution in [3.05, 3.63) is 36.4 Å². The standard InChI is InChI=1S/2C8H15N2.H2O4S/c2*1-4-8-9(3)6-7-10(8)5-2;1-5(2,3)4/h2*6-7H,4-5H2,1-3H3;(H2,1,2,3,4)/q2*+1;/p-2. The average molecular weight is 375 g/mol. The van der Waals surface area contributed by atoms with Crippen LogP contribution in [0.1, 0.15) is 39.3 Å². The van der Waals surface area contributed by atoms with E-state index in [2.05, 4.69) is 84.8 Å². The van der Waals surface area contributed by atoms with E-state index in [1.54, 1.807) is 0 Å². The van der Waals surface area contributed by atoms with E-state index in [-0.39, 0.29) is 0 Å². The van der Waals surface area contributed by atoms with Crippen molar-refractivity contribution in [2.45, 2.75) is 53.6 Å². The van der Waals surface area contributed by atoms with Crippen LogP contribution in [0.3, 0.4) is 0 Å². The molecule has 0 radical (unpaired) electrons. The second-order valence-electron chi connectivity index (χ2n) is 5.34. The van der Waals surface area contributed by atoms with Gasteiger partial charge in [0.05, 0.1) is 27.2 Å². The quantitative estimate of drug-likeness (QED) is 0.441. The molecule has 25 heavy (non-hydrogen) atoms. The predicted molar refractivity (Wildman–Crippen MR) is 91.8 cm³/mol. The Kier molecular flexibility index (Phi) is 10.3. The highest BCUT2D eigenvalue weighted by Crippen LogP contribution is 1.92. The SMILES string of the molecule is CCc1n(C)cc[n+]1CC.CCc1n(C)cc[n+]1CC.O=S(=O)([O-])[O-]. The summed E-state index contributed by atoms with van der Waals surface area (Å²) in [6.07, 6.45) is 10.7. The van der Waals surface area contributed by atoms with E-state index >= 15 is 0 Å². The molecule has 0 spiro atoms. The van der Waals surface area contributed by atoms with Gasteiger partial charge in [-0.1, -0.05) is 13.8 Å². The number of hydrogen-bond acceptors (Lipinski definition) is 4. The Morgan fingerprint density at radius 1 is 0.840 bits per heavy atom. The van der Waals surface area contributed by atoms with Gasteiger partial charge in [-0.15, -0.1) is 0 Å². The van der Waals surface area contributed by atoms with Gasteiger partial charge in [0.2, 0.25) is 0 Å². The van der Waals surface area contributed by atoms with Gasteiger partial charge in [-0.25, -0.2) is 18.3 Å². The molecule has 0 atom stereocenters. The summed E-state index contributed by atoms with van der Waals surface area (Å²) in [4.78, 5) is 0. The van der Waals surface area contributed by atoms with E-state index < -0.39 is 10.4 Å². The van der Waals surface area contributed by atoms with Crippen LogP contribution in [-0.2, 0) is 50.4 Å². The first-order chi connectivity index (χ1) is 11.6. The molecule has 0 amide bonds.